The number of benzene rings is 2. The van der Waals surface area contributed by atoms with Gasteiger partial charge in [-0.05, 0) is 36.2 Å². The normalized spacial score (nSPS) is 10.8. The molecule has 118 valence electrons. The Labute approximate surface area is 133 Å². The highest BCUT2D eigenvalue weighted by atomic mass is 19.1. The van der Waals surface area contributed by atoms with Crippen LogP contribution in [0.3, 0.4) is 0 Å². The second-order valence-corrected chi connectivity index (χ2v) is 5.41. The van der Waals surface area contributed by atoms with E-state index in [0.29, 0.717) is 18.5 Å². The number of nitrogens with one attached hydrogen (secondary N) is 2. The van der Waals surface area contributed by atoms with Gasteiger partial charge in [0, 0.05) is 29.2 Å². The van der Waals surface area contributed by atoms with E-state index in [2.05, 4.69) is 10.3 Å². The van der Waals surface area contributed by atoms with Crippen LogP contribution in [0.5, 0.6) is 5.75 Å². The van der Waals surface area contributed by atoms with Crippen molar-refractivity contribution in [1.29, 1.82) is 0 Å². The molecule has 5 heteroatoms. The first-order chi connectivity index (χ1) is 11.1. The van der Waals surface area contributed by atoms with E-state index >= 15 is 0 Å². The quantitative estimate of drug-likeness (QED) is 0.678. The van der Waals surface area contributed by atoms with Crippen molar-refractivity contribution in [2.75, 3.05) is 6.54 Å². The number of aromatic nitrogens is 1. The summed E-state index contributed by atoms with van der Waals surface area (Å²) < 4.78 is 13.1. The van der Waals surface area contributed by atoms with Gasteiger partial charge < -0.3 is 15.4 Å². The maximum Gasteiger partial charge on any atom is 0.224 e. The lowest BCUT2D eigenvalue weighted by molar-refractivity contribution is -0.120. The number of amides is 1. The summed E-state index contributed by atoms with van der Waals surface area (Å²) in [4.78, 5) is 15.0. The number of hydrogen-bond acceptors (Lipinski definition) is 2. The van der Waals surface area contributed by atoms with E-state index in [1.165, 1.54) is 12.1 Å². The maximum absolute atomic E-state index is 13.1. The molecule has 3 rings (SSSR count). The minimum Gasteiger partial charge on any atom is -0.508 e. The van der Waals surface area contributed by atoms with Crippen LogP contribution in [0, 0.1) is 5.82 Å². The van der Waals surface area contributed by atoms with Gasteiger partial charge >= 0.3 is 0 Å². The molecule has 0 unspecified atom stereocenters. The third kappa shape index (κ3) is 3.51. The molecule has 1 heterocycles. The summed E-state index contributed by atoms with van der Waals surface area (Å²) in [7, 11) is 0. The van der Waals surface area contributed by atoms with Crippen molar-refractivity contribution in [2.24, 2.45) is 0 Å². The number of carbonyl (C=O) groups is 1. The molecule has 0 saturated carbocycles. The highest BCUT2D eigenvalue weighted by molar-refractivity contribution is 5.83. The van der Waals surface area contributed by atoms with E-state index in [1.807, 2.05) is 6.20 Å². The van der Waals surface area contributed by atoms with Crippen LogP contribution in [-0.2, 0) is 17.6 Å². The molecule has 0 fully saturated rings. The van der Waals surface area contributed by atoms with Gasteiger partial charge in [0.2, 0.25) is 5.91 Å². The number of hydrogen-bond donors (Lipinski definition) is 3. The predicted octanol–water partition coefficient (Wildman–Crippen LogP) is 2.91. The zero-order valence-corrected chi connectivity index (χ0v) is 12.5. The standard InChI is InChI=1S/C18H17FN2O2/c19-14-5-6-15-13(11-21-16(15)10-14)7-8-20-18(23)9-12-3-1-2-4-17(12)22/h1-6,10-11,21-22H,7-9H2,(H,20,23). The molecule has 1 amide bonds. The molecule has 4 nitrogen and oxygen atoms in total. The number of carbonyl (C=O) groups excluding carboxylic acids is 1. The molecule has 2 aromatic carbocycles. The summed E-state index contributed by atoms with van der Waals surface area (Å²) in [6.45, 7) is 0.483. The van der Waals surface area contributed by atoms with E-state index < -0.39 is 0 Å². The lowest BCUT2D eigenvalue weighted by Crippen LogP contribution is -2.27. The predicted molar refractivity (Wildman–Crippen MR) is 86.8 cm³/mol. The van der Waals surface area contributed by atoms with Gasteiger partial charge in [0.25, 0.3) is 0 Å². The minimum atomic E-state index is -0.276. The van der Waals surface area contributed by atoms with Crippen molar-refractivity contribution < 1.29 is 14.3 Å². The van der Waals surface area contributed by atoms with Crippen molar-refractivity contribution in [3.63, 3.8) is 0 Å². The second kappa shape index (κ2) is 6.52. The zero-order valence-electron chi connectivity index (χ0n) is 12.5. The van der Waals surface area contributed by atoms with Crippen LogP contribution in [0.2, 0.25) is 0 Å². The molecule has 0 bridgehead atoms. The third-order valence-corrected chi connectivity index (χ3v) is 3.79. The zero-order chi connectivity index (χ0) is 16.2. The Morgan fingerprint density at radius 2 is 2.00 bits per heavy atom. The Balaban J connectivity index is 1.56. The molecule has 0 aliphatic heterocycles. The molecule has 0 aliphatic carbocycles. The van der Waals surface area contributed by atoms with E-state index in [1.54, 1.807) is 30.3 Å². The molecule has 0 radical (unpaired) electrons. The van der Waals surface area contributed by atoms with Crippen molar-refractivity contribution in [3.8, 4) is 5.75 Å². The van der Waals surface area contributed by atoms with Gasteiger partial charge in [-0.2, -0.15) is 0 Å². The third-order valence-electron chi connectivity index (χ3n) is 3.79. The topological polar surface area (TPSA) is 65.1 Å². The van der Waals surface area contributed by atoms with Crippen LogP contribution in [0.15, 0.2) is 48.7 Å². The largest absolute Gasteiger partial charge is 0.508 e. The van der Waals surface area contributed by atoms with E-state index in [4.69, 9.17) is 0 Å². The summed E-state index contributed by atoms with van der Waals surface area (Å²) in [6.07, 6.45) is 2.63. The fourth-order valence-electron chi connectivity index (χ4n) is 2.60. The Morgan fingerprint density at radius 3 is 2.83 bits per heavy atom. The number of phenolic OH excluding ortho intramolecular Hbond substituents is 1. The van der Waals surface area contributed by atoms with Crippen LogP contribution >= 0.6 is 0 Å². The number of para-hydroxylation sites is 1. The first kappa shape index (κ1) is 15.1. The van der Waals surface area contributed by atoms with Gasteiger partial charge in [-0.1, -0.05) is 18.2 Å². The lowest BCUT2D eigenvalue weighted by atomic mass is 10.1. The summed E-state index contributed by atoms with van der Waals surface area (Å²) in [5, 5.41) is 13.5. The van der Waals surface area contributed by atoms with Crippen LogP contribution in [-0.4, -0.2) is 22.5 Å². The van der Waals surface area contributed by atoms with Crippen LogP contribution in [0.1, 0.15) is 11.1 Å². The van der Waals surface area contributed by atoms with Gasteiger partial charge in [0.15, 0.2) is 0 Å². The van der Waals surface area contributed by atoms with Crippen molar-refractivity contribution in [3.05, 3.63) is 65.6 Å². The molecular weight excluding hydrogens is 295 g/mol. The highest BCUT2D eigenvalue weighted by Gasteiger charge is 2.08. The van der Waals surface area contributed by atoms with Gasteiger partial charge in [0.05, 0.1) is 6.42 Å². The van der Waals surface area contributed by atoms with Crippen LogP contribution in [0.4, 0.5) is 4.39 Å². The summed E-state index contributed by atoms with van der Waals surface area (Å²) in [5.74, 6) is -0.291. The fourth-order valence-corrected chi connectivity index (χ4v) is 2.60. The average Bonchev–Trinajstić information content (AvgIpc) is 2.92. The summed E-state index contributed by atoms with van der Waals surface area (Å²) in [5.41, 5.74) is 2.39. The first-order valence-corrected chi connectivity index (χ1v) is 7.42. The number of halogens is 1. The Bertz CT molecular complexity index is 842. The van der Waals surface area contributed by atoms with Crippen LogP contribution in [0.25, 0.3) is 10.9 Å². The first-order valence-electron chi connectivity index (χ1n) is 7.42. The Hall–Kier alpha value is -2.82. The molecular formula is C18H17FN2O2. The molecule has 1 aromatic heterocycles. The molecule has 3 aromatic rings. The van der Waals surface area contributed by atoms with E-state index in [0.717, 1.165) is 16.5 Å². The number of phenols is 1. The van der Waals surface area contributed by atoms with Gasteiger partial charge in [0.1, 0.15) is 11.6 Å². The molecule has 23 heavy (non-hydrogen) atoms. The van der Waals surface area contributed by atoms with Gasteiger partial charge in [-0.3, -0.25) is 4.79 Å². The summed E-state index contributed by atoms with van der Waals surface area (Å²) in [6, 6.07) is 11.4. The maximum atomic E-state index is 13.1. The highest BCUT2D eigenvalue weighted by Crippen LogP contribution is 2.19. The molecule has 0 aliphatic rings. The Morgan fingerprint density at radius 1 is 1.17 bits per heavy atom. The minimum absolute atomic E-state index is 0.126. The molecule has 0 spiro atoms. The van der Waals surface area contributed by atoms with Crippen LogP contribution < -0.4 is 5.32 Å². The van der Waals surface area contributed by atoms with E-state index in [-0.39, 0.29) is 23.9 Å². The van der Waals surface area contributed by atoms with Gasteiger partial charge in [-0.25, -0.2) is 4.39 Å². The monoisotopic (exact) mass is 312 g/mol. The number of aromatic amines is 1. The smallest absolute Gasteiger partial charge is 0.224 e. The molecule has 3 N–H and O–H groups in total. The fraction of sp³-hybridized carbons (Fsp3) is 0.167. The second-order valence-electron chi connectivity index (χ2n) is 5.41. The molecule has 0 atom stereocenters. The number of aromatic hydroxyl groups is 1. The van der Waals surface area contributed by atoms with E-state index in [9.17, 15) is 14.3 Å². The molecule has 0 saturated heterocycles. The Kier molecular flexibility index (Phi) is 4.28. The van der Waals surface area contributed by atoms with Crippen molar-refractivity contribution in [2.45, 2.75) is 12.8 Å². The summed E-state index contributed by atoms with van der Waals surface area (Å²) >= 11 is 0. The van der Waals surface area contributed by atoms with Crippen molar-refractivity contribution in [1.82, 2.24) is 10.3 Å². The SMILES string of the molecule is O=C(Cc1ccccc1O)NCCc1c[nH]c2cc(F)ccc12. The van der Waals surface area contributed by atoms with Crippen molar-refractivity contribution >= 4 is 16.8 Å². The number of fused-ring (bicyclic) bond motifs is 1. The van der Waals surface area contributed by atoms with Gasteiger partial charge in [-0.15, -0.1) is 0 Å². The number of H-pyrrole nitrogens is 1. The number of rotatable bonds is 5. The average molecular weight is 312 g/mol. The lowest BCUT2D eigenvalue weighted by Gasteiger charge is -2.06.